The van der Waals surface area contributed by atoms with E-state index in [1.807, 2.05) is 7.05 Å². The van der Waals surface area contributed by atoms with Gasteiger partial charge in [0.2, 0.25) is 0 Å². The zero-order valence-electron chi connectivity index (χ0n) is 12.0. The van der Waals surface area contributed by atoms with Crippen LogP contribution in [-0.4, -0.2) is 33.4 Å². The lowest BCUT2D eigenvalue weighted by Crippen LogP contribution is -2.27. The van der Waals surface area contributed by atoms with E-state index < -0.39 is 0 Å². The lowest BCUT2D eigenvalue weighted by molar-refractivity contribution is 0.186. The number of anilines is 1. The minimum atomic E-state index is 0.433. The van der Waals surface area contributed by atoms with Gasteiger partial charge >= 0.3 is 0 Å². The monoisotopic (exact) mass is 260 g/mol. The van der Waals surface area contributed by atoms with Gasteiger partial charge in [-0.1, -0.05) is 12.1 Å². The quantitative estimate of drug-likeness (QED) is 0.899. The minimum Gasteiger partial charge on any atom is -0.381 e. The number of rotatable bonds is 4. The van der Waals surface area contributed by atoms with Crippen LogP contribution in [0.1, 0.15) is 30.5 Å². The lowest BCUT2D eigenvalue weighted by Gasteiger charge is -2.23. The van der Waals surface area contributed by atoms with Crippen LogP contribution in [0.5, 0.6) is 0 Å². The SMILES string of the molecule is CNC(C)c1ccc2c(c1)CCN2CC1CCOC1. The second-order valence-electron chi connectivity index (χ2n) is 5.82. The van der Waals surface area contributed by atoms with Crippen LogP contribution < -0.4 is 10.2 Å². The van der Waals surface area contributed by atoms with E-state index in [1.54, 1.807) is 0 Å². The molecule has 19 heavy (non-hydrogen) atoms. The molecule has 3 rings (SSSR count). The van der Waals surface area contributed by atoms with Crippen molar-refractivity contribution in [2.75, 3.05) is 38.3 Å². The number of hydrogen-bond acceptors (Lipinski definition) is 3. The normalized spacial score (nSPS) is 23.7. The Labute approximate surface area is 115 Å². The highest BCUT2D eigenvalue weighted by molar-refractivity contribution is 5.59. The van der Waals surface area contributed by atoms with Gasteiger partial charge in [0.15, 0.2) is 0 Å². The topological polar surface area (TPSA) is 24.5 Å². The molecule has 0 amide bonds. The van der Waals surface area contributed by atoms with Crippen molar-refractivity contribution in [2.45, 2.75) is 25.8 Å². The molecule has 0 aliphatic carbocycles. The molecule has 3 heteroatoms. The summed E-state index contributed by atoms with van der Waals surface area (Å²) in [7, 11) is 2.02. The van der Waals surface area contributed by atoms with Crippen LogP contribution >= 0.6 is 0 Å². The Bertz CT molecular complexity index is 440. The smallest absolute Gasteiger partial charge is 0.0512 e. The van der Waals surface area contributed by atoms with Gasteiger partial charge in [0.1, 0.15) is 0 Å². The second kappa shape index (κ2) is 5.51. The molecule has 0 aromatic heterocycles. The molecule has 104 valence electrons. The lowest BCUT2D eigenvalue weighted by atomic mass is 10.0. The number of benzene rings is 1. The third kappa shape index (κ3) is 2.63. The predicted octanol–water partition coefficient (Wildman–Crippen LogP) is 2.37. The van der Waals surface area contributed by atoms with Crippen molar-refractivity contribution in [3.63, 3.8) is 0 Å². The summed E-state index contributed by atoms with van der Waals surface area (Å²) in [5, 5.41) is 3.31. The van der Waals surface area contributed by atoms with E-state index in [1.165, 1.54) is 36.2 Å². The highest BCUT2D eigenvalue weighted by Gasteiger charge is 2.24. The molecule has 1 aromatic carbocycles. The molecular weight excluding hydrogens is 236 g/mol. The van der Waals surface area contributed by atoms with Gasteiger partial charge in [-0.25, -0.2) is 0 Å². The molecule has 1 N–H and O–H groups in total. The van der Waals surface area contributed by atoms with Gasteiger partial charge in [0, 0.05) is 37.3 Å². The van der Waals surface area contributed by atoms with E-state index in [0.717, 1.165) is 25.7 Å². The van der Waals surface area contributed by atoms with E-state index >= 15 is 0 Å². The highest BCUT2D eigenvalue weighted by Crippen LogP contribution is 2.31. The molecular formula is C16H24N2O. The average molecular weight is 260 g/mol. The molecule has 2 heterocycles. The van der Waals surface area contributed by atoms with Gasteiger partial charge < -0.3 is 15.0 Å². The summed E-state index contributed by atoms with van der Waals surface area (Å²) in [5.74, 6) is 0.724. The predicted molar refractivity (Wildman–Crippen MR) is 78.8 cm³/mol. The van der Waals surface area contributed by atoms with Crippen LogP contribution in [-0.2, 0) is 11.2 Å². The number of ether oxygens (including phenoxy) is 1. The van der Waals surface area contributed by atoms with Crippen molar-refractivity contribution < 1.29 is 4.74 Å². The number of hydrogen-bond donors (Lipinski definition) is 1. The molecule has 2 atom stereocenters. The average Bonchev–Trinajstić information content (AvgIpc) is 3.08. The minimum absolute atomic E-state index is 0.433. The Morgan fingerprint density at radius 2 is 2.37 bits per heavy atom. The highest BCUT2D eigenvalue weighted by atomic mass is 16.5. The first-order valence-electron chi connectivity index (χ1n) is 7.40. The summed E-state index contributed by atoms with van der Waals surface area (Å²) < 4.78 is 5.49. The van der Waals surface area contributed by atoms with Crippen LogP contribution in [0.25, 0.3) is 0 Å². The fourth-order valence-corrected chi connectivity index (χ4v) is 3.15. The van der Waals surface area contributed by atoms with Gasteiger partial charge in [0.25, 0.3) is 0 Å². The van der Waals surface area contributed by atoms with Crippen molar-refractivity contribution in [1.82, 2.24) is 5.32 Å². The van der Waals surface area contributed by atoms with Crippen LogP contribution in [0, 0.1) is 5.92 Å². The second-order valence-corrected chi connectivity index (χ2v) is 5.82. The fraction of sp³-hybridized carbons (Fsp3) is 0.625. The first-order chi connectivity index (χ1) is 9.28. The summed E-state index contributed by atoms with van der Waals surface area (Å²) >= 11 is 0. The standard InChI is InChI=1S/C16H24N2O/c1-12(17-2)14-3-4-16-15(9-14)5-7-18(16)10-13-6-8-19-11-13/h3-4,9,12-13,17H,5-8,10-11H2,1-2H3. The van der Waals surface area contributed by atoms with Gasteiger partial charge in [-0.3, -0.25) is 0 Å². The van der Waals surface area contributed by atoms with Crippen molar-refractivity contribution in [3.05, 3.63) is 29.3 Å². The van der Waals surface area contributed by atoms with Gasteiger partial charge in [0.05, 0.1) is 6.61 Å². The van der Waals surface area contributed by atoms with Gasteiger partial charge in [-0.05, 0) is 44.0 Å². The molecule has 1 aromatic rings. The Morgan fingerprint density at radius 1 is 1.47 bits per heavy atom. The van der Waals surface area contributed by atoms with Crippen molar-refractivity contribution in [2.24, 2.45) is 5.92 Å². The van der Waals surface area contributed by atoms with Crippen LogP contribution in [0.4, 0.5) is 5.69 Å². The largest absolute Gasteiger partial charge is 0.381 e. The number of fused-ring (bicyclic) bond motifs is 1. The molecule has 0 spiro atoms. The van der Waals surface area contributed by atoms with Crippen molar-refractivity contribution in [1.29, 1.82) is 0 Å². The Hall–Kier alpha value is -1.06. The summed E-state index contributed by atoms with van der Waals surface area (Å²) in [5.41, 5.74) is 4.35. The van der Waals surface area contributed by atoms with Crippen molar-refractivity contribution in [3.8, 4) is 0 Å². The van der Waals surface area contributed by atoms with Crippen LogP contribution in [0.2, 0.25) is 0 Å². The van der Waals surface area contributed by atoms with Crippen molar-refractivity contribution >= 4 is 5.69 Å². The molecule has 2 unspecified atom stereocenters. The number of nitrogens with zero attached hydrogens (tertiary/aromatic N) is 1. The summed E-state index contributed by atoms with van der Waals surface area (Å²) in [6.45, 7) is 6.44. The molecule has 1 fully saturated rings. The summed E-state index contributed by atoms with van der Waals surface area (Å²) in [4.78, 5) is 2.54. The third-order valence-electron chi connectivity index (χ3n) is 4.53. The number of nitrogens with one attached hydrogen (secondary N) is 1. The van der Waals surface area contributed by atoms with Crippen LogP contribution in [0.3, 0.4) is 0 Å². The van der Waals surface area contributed by atoms with Crippen LogP contribution in [0.15, 0.2) is 18.2 Å². The fourth-order valence-electron chi connectivity index (χ4n) is 3.15. The molecule has 0 radical (unpaired) electrons. The summed E-state index contributed by atoms with van der Waals surface area (Å²) in [6.07, 6.45) is 2.41. The zero-order chi connectivity index (χ0) is 13.2. The van der Waals surface area contributed by atoms with E-state index in [0.29, 0.717) is 6.04 Å². The molecule has 1 saturated heterocycles. The van der Waals surface area contributed by atoms with E-state index in [4.69, 9.17) is 4.74 Å². The van der Waals surface area contributed by atoms with E-state index in [-0.39, 0.29) is 0 Å². The molecule has 2 aliphatic rings. The molecule has 0 saturated carbocycles. The van der Waals surface area contributed by atoms with Gasteiger partial charge in [-0.2, -0.15) is 0 Å². The summed E-state index contributed by atoms with van der Waals surface area (Å²) in [6, 6.07) is 7.38. The maximum atomic E-state index is 5.49. The van der Waals surface area contributed by atoms with Gasteiger partial charge in [-0.15, -0.1) is 0 Å². The zero-order valence-corrected chi connectivity index (χ0v) is 12.0. The first-order valence-corrected chi connectivity index (χ1v) is 7.40. The molecule has 3 nitrogen and oxygen atoms in total. The maximum absolute atomic E-state index is 5.49. The van der Waals surface area contributed by atoms with E-state index in [2.05, 4.69) is 35.3 Å². The Kier molecular flexibility index (Phi) is 3.76. The Balaban J connectivity index is 1.73. The maximum Gasteiger partial charge on any atom is 0.0512 e. The third-order valence-corrected chi connectivity index (χ3v) is 4.53. The molecule has 2 aliphatic heterocycles. The first kappa shape index (κ1) is 12.9. The molecule has 0 bridgehead atoms. The Morgan fingerprint density at radius 3 is 3.11 bits per heavy atom. The van der Waals surface area contributed by atoms with E-state index in [9.17, 15) is 0 Å².